The number of carbonyl (C=O) groups is 1. The Hall–Kier alpha value is -2.07. The molecule has 0 aromatic heterocycles. The average molecular weight is 293 g/mol. The van der Waals surface area contributed by atoms with Crippen LogP contribution in [0.4, 0.5) is 10.1 Å². The molecule has 104 valence electrons. The van der Waals surface area contributed by atoms with Crippen LogP contribution in [0.2, 0.25) is 5.02 Å². The van der Waals surface area contributed by atoms with Crippen LogP contribution in [0, 0.1) is 5.82 Å². The molecule has 2 rings (SSSR count). The van der Waals surface area contributed by atoms with Crippen molar-refractivity contribution in [3.8, 4) is 0 Å². The molecule has 0 heterocycles. The van der Waals surface area contributed by atoms with E-state index >= 15 is 0 Å². The van der Waals surface area contributed by atoms with Crippen molar-refractivity contribution in [3.63, 3.8) is 0 Å². The van der Waals surface area contributed by atoms with E-state index in [9.17, 15) is 9.18 Å². The van der Waals surface area contributed by atoms with E-state index in [1.54, 1.807) is 30.3 Å². The van der Waals surface area contributed by atoms with Gasteiger partial charge < -0.3 is 11.1 Å². The molecule has 0 aliphatic heterocycles. The maximum atomic E-state index is 12.9. The maximum Gasteiger partial charge on any atom is 0.253 e. The smallest absolute Gasteiger partial charge is 0.253 e. The van der Waals surface area contributed by atoms with Crippen LogP contribution in [-0.2, 0) is 0 Å². The molecule has 0 saturated heterocycles. The number of benzene rings is 2. The summed E-state index contributed by atoms with van der Waals surface area (Å²) >= 11 is 6.00. The van der Waals surface area contributed by atoms with E-state index in [2.05, 4.69) is 5.32 Å². The number of amides is 1. The van der Waals surface area contributed by atoms with Crippen LogP contribution in [0.1, 0.15) is 28.9 Å². The van der Waals surface area contributed by atoms with Gasteiger partial charge in [-0.3, -0.25) is 4.79 Å². The number of nitrogen functional groups attached to an aromatic ring is 1. The summed E-state index contributed by atoms with van der Waals surface area (Å²) in [6, 6.07) is 10.6. The van der Waals surface area contributed by atoms with E-state index in [0.717, 1.165) is 5.56 Å². The Kier molecular flexibility index (Phi) is 4.25. The Morgan fingerprint density at radius 1 is 1.25 bits per heavy atom. The van der Waals surface area contributed by atoms with Gasteiger partial charge in [0.25, 0.3) is 5.91 Å². The lowest BCUT2D eigenvalue weighted by atomic mass is 10.1. The normalized spacial score (nSPS) is 11.9. The maximum absolute atomic E-state index is 12.9. The Morgan fingerprint density at radius 3 is 2.55 bits per heavy atom. The van der Waals surface area contributed by atoms with Gasteiger partial charge in [0.05, 0.1) is 22.3 Å². The van der Waals surface area contributed by atoms with Gasteiger partial charge in [-0.1, -0.05) is 29.8 Å². The fraction of sp³-hybridized carbons (Fsp3) is 0.133. The minimum atomic E-state index is -0.320. The molecular formula is C15H14ClFN2O. The molecule has 1 unspecified atom stereocenters. The molecule has 0 radical (unpaired) electrons. The predicted octanol–water partition coefficient (Wildman–Crippen LogP) is 3.55. The van der Waals surface area contributed by atoms with Gasteiger partial charge in [0.15, 0.2) is 0 Å². The van der Waals surface area contributed by atoms with Crippen molar-refractivity contribution in [2.45, 2.75) is 13.0 Å². The van der Waals surface area contributed by atoms with Crippen molar-refractivity contribution < 1.29 is 9.18 Å². The number of anilines is 1. The highest BCUT2D eigenvalue weighted by atomic mass is 35.5. The van der Waals surface area contributed by atoms with Crippen LogP contribution in [0.5, 0.6) is 0 Å². The highest BCUT2D eigenvalue weighted by Crippen LogP contribution is 2.23. The molecule has 2 aromatic rings. The Balaban J connectivity index is 2.15. The number of nitrogens with one attached hydrogen (secondary N) is 1. The summed E-state index contributed by atoms with van der Waals surface area (Å²) in [4.78, 5) is 12.1. The van der Waals surface area contributed by atoms with Gasteiger partial charge in [0.1, 0.15) is 5.82 Å². The summed E-state index contributed by atoms with van der Waals surface area (Å²) in [5.41, 5.74) is 7.14. The molecule has 1 amide bonds. The molecule has 3 N–H and O–H groups in total. The average Bonchev–Trinajstić information content (AvgIpc) is 2.42. The highest BCUT2D eigenvalue weighted by Gasteiger charge is 2.15. The van der Waals surface area contributed by atoms with Crippen molar-refractivity contribution in [1.82, 2.24) is 5.32 Å². The van der Waals surface area contributed by atoms with Crippen LogP contribution >= 0.6 is 11.6 Å². The molecule has 0 fully saturated rings. The molecule has 0 aliphatic carbocycles. The van der Waals surface area contributed by atoms with Crippen molar-refractivity contribution in [3.05, 3.63) is 64.4 Å². The first-order chi connectivity index (χ1) is 9.49. The molecule has 20 heavy (non-hydrogen) atoms. The van der Waals surface area contributed by atoms with Crippen LogP contribution in [0.25, 0.3) is 0 Å². The molecule has 0 saturated carbocycles. The summed E-state index contributed by atoms with van der Waals surface area (Å²) in [6.07, 6.45) is 0. The summed E-state index contributed by atoms with van der Waals surface area (Å²) in [5, 5.41) is 3.03. The number of rotatable bonds is 3. The van der Waals surface area contributed by atoms with Crippen molar-refractivity contribution in [1.29, 1.82) is 0 Å². The van der Waals surface area contributed by atoms with Crippen LogP contribution in [0.3, 0.4) is 0 Å². The fourth-order valence-electron chi connectivity index (χ4n) is 1.83. The number of hydrogen-bond donors (Lipinski definition) is 2. The van der Waals surface area contributed by atoms with Gasteiger partial charge in [-0.15, -0.1) is 0 Å². The van der Waals surface area contributed by atoms with Crippen molar-refractivity contribution in [2.75, 3.05) is 5.73 Å². The first kappa shape index (κ1) is 14.3. The lowest BCUT2D eigenvalue weighted by molar-refractivity contribution is 0.0940. The molecule has 0 bridgehead atoms. The Bertz CT molecular complexity index is 628. The third-order valence-corrected chi connectivity index (χ3v) is 3.41. The lowest BCUT2D eigenvalue weighted by Crippen LogP contribution is -2.27. The molecule has 3 nitrogen and oxygen atoms in total. The van der Waals surface area contributed by atoms with Crippen molar-refractivity contribution >= 4 is 23.2 Å². The zero-order chi connectivity index (χ0) is 14.7. The van der Waals surface area contributed by atoms with E-state index in [4.69, 9.17) is 17.3 Å². The molecule has 2 aromatic carbocycles. The summed E-state index contributed by atoms with van der Waals surface area (Å²) in [7, 11) is 0. The monoisotopic (exact) mass is 292 g/mol. The second-order valence-corrected chi connectivity index (χ2v) is 4.83. The van der Waals surface area contributed by atoms with Gasteiger partial charge >= 0.3 is 0 Å². The fourth-order valence-corrected chi connectivity index (χ4v) is 2.05. The number of nitrogens with two attached hydrogens (primary N) is 1. The van der Waals surface area contributed by atoms with Gasteiger partial charge in [0.2, 0.25) is 0 Å². The van der Waals surface area contributed by atoms with Gasteiger partial charge in [-0.2, -0.15) is 0 Å². The second-order valence-electron chi connectivity index (χ2n) is 4.46. The standard InChI is InChI=1S/C15H14ClFN2O/c1-9(10-5-7-11(17)8-6-10)19-15(20)12-3-2-4-13(18)14(12)16/h2-9H,18H2,1H3,(H,19,20). The second kappa shape index (κ2) is 5.92. The molecule has 1 atom stereocenters. The zero-order valence-electron chi connectivity index (χ0n) is 10.9. The number of hydrogen-bond acceptors (Lipinski definition) is 2. The van der Waals surface area contributed by atoms with E-state index in [0.29, 0.717) is 11.3 Å². The zero-order valence-corrected chi connectivity index (χ0v) is 11.6. The molecule has 0 aliphatic rings. The quantitative estimate of drug-likeness (QED) is 0.850. The summed E-state index contributed by atoms with van der Waals surface area (Å²) < 4.78 is 12.9. The molecule has 5 heteroatoms. The largest absolute Gasteiger partial charge is 0.398 e. The van der Waals surface area contributed by atoms with Gasteiger partial charge in [-0.05, 0) is 36.8 Å². The van der Waals surface area contributed by atoms with E-state index in [-0.39, 0.29) is 22.8 Å². The van der Waals surface area contributed by atoms with Crippen LogP contribution in [0.15, 0.2) is 42.5 Å². The molecular weight excluding hydrogens is 279 g/mol. The predicted molar refractivity (Wildman–Crippen MR) is 78.1 cm³/mol. The summed E-state index contributed by atoms with van der Waals surface area (Å²) in [6.45, 7) is 1.81. The first-order valence-electron chi connectivity index (χ1n) is 6.09. The van der Waals surface area contributed by atoms with Gasteiger partial charge in [0, 0.05) is 0 Å². The third-order valence-electron chi connectivity index (χ3n) is 2.99. The first-order valence-corrected chi connectivity index (χ1v) is 6.47. The Morgan fingerprint density at radius 2 is 1.90 bits per heavy atom. The number of halogens is 2. The minimum Gasteiger partial charge on any atom is -0.398 e. The van der Waals surface area contributed by atoms with E-state index in [1.165, 1.54) is 12.1 Å². The SMILES string of the molecule is CC(NC(=O)c1cccc(N)c1Cl)c1ccc(F)cc1. The van der Waals surface area contributed by atoms with Crippen molar-refractivity contribution in [2.24, 2.45) is 0 Å². The van der Waals surface area contributed by atoms with Gasteiger partial charge in [-0.25, -0.2) is 4.39 Å². The Labute approximate surface area is 121 Å². The topological polar surface area (TPSA) is 55.1 Å². The lowest BCUT2D eigenvalue weighted by Gasteiger charge is -2.15. The van der Waals surface area contributed by atoms with Crippen LogP contribution in [-0.4, -0.2) is 5.91 Å². The minimum absolute atomic E-state index is 0.233. The summed E-state index contributed by atoms with van der Waals surface area (Å²) in [5.74, 6) is -0.634. The van der Waals surface area contributed by atoms with Crippen LogP contribution < -0.4 is 11.1 Å². The van der Waals surface area contributed by atoms with E-state index < -0.39 is 0 Å². The number of carbonyl (C=O) groups excluding carboxylic acids is 1. The highest BCUT2D eigenvalue weighted by molar-refractivity contribution is 6.36. The third kappa shape index (κ3) is 3.08. The molecule has 0 spiro atoms. The van der Waals surface area contributed by atoms with E-state index in [1.807, 2.05) is 6.92 Å².